The lowest BCUT2D eigenvalue weighted by atomic mass is 10.1. The molecule has 0 spiro atoms. The number of primary amides is 1. The largest absolute Gasteiger partial charge is 0.366 e. The molecule has 2 rings (SSSR count). The summed E-state index contributed by atoms with van der Waals surface area (Å²) < 4.78 is 13.8. The van der Waals surface area contributed by atoms with Crippen LogP contribution in [0.1, 0.15) is 26.3 Å². The Morgan fingerprint density at radius 3 is 2.55 bits per heavy atom. The number of benzene rings is 2. The molecule has 0 saturated heterocycles. The maximum Gasteiger partial charge on any atom is 0.258 e. The standard InChI is InChI=1S/C15H13FN2O2/c1-9-4-2-7-12(13(9)16)15(20)18-11-6-3-5-10(8-11)14(17)19/h2-8H,1H3,(H2,17,19)(H,18,20). The van der Waals surface area contributed by atoms with Crippen LogP contribution in [0.3, 0.4) is 0 Å². The third-order valence-electron chi connectivity index (χ3n) is 2.84. The fourth-order valence-electron chi connectivity index (χ4n) is 1.77. The van der Waals surface area contributed by atoms with E-state index in [2.05, 4.69) is 5.32 Å². The van der Waals surface area contributed by atoms with E-state index in [4.69, 9.17) is 5.73 Å². The monoisotopic (exact) mass is 272 g/mol. The van der Waals surface area contributed by atoms with Gasteiger partial charge in [0, 0.05) is 11.3 Å². The molecule has 0 saturated carbocycles. The Labute approximate surface area is 115 Å². The molecule has 0 atom stereocenters. The predicted octanol–water partition coefficient (Wildman–Crippen LogP) is 2.49. The van der Waals surface area contributed by atoms with E-state index >= 15 is 0 Å². The molecule has 2 aromatic rings. The van der Waals surface area contributed by atoms with Crippen LogP contribution in [0.2, 0.25) is 0 Å². The number of rotatable bonds is 3. The number of carbonyl (C=O) groups is 2. The zero-order valence-corrected chi connectivity index (χ0v) is 10.8. The first-order valence-electron chi connectivity index (χ1n) is 5.95. The fourth-order valence-corrected chi connectivity index (χ4v) is 1.77. The van der Waals surface area contributed by atoms with E-state index in [0.29, 0.717) is 11.3 Å². The molecule has 0 aliphatic carbocycles. The minimum absolute atomic E-state index is 0.0468. The van der Waals surface area contributed by atoms with Crippen molar-refractivity contribution in [3.63, 3.8) is 0 Å². The zero-order chi connectivity index (χ0) is 14.7. The topological polar surface area (TPSA) is 72.2 Å². The van der Waals surface area contributed by atoms with Crippen LogP contribution in [0.4, 0.5) is 10.1 Å². The van der Waals surface area contributed by atoms with Crippen molar-refractivity contribution in [1.82, 2.24) is 0 Å². The highest BCUT2D eigenvalue weighted by atomic mass is 19.1. The maximum atomic E-state index is 13.8. The van der Waals surface area contributed by atoms with E-state index in [1.165, 1.54) is 18.2 Å². The van der Waals surface area contributed by atoms with Gasteiger partial charge in [-0.1, -0.05) is 18.2 Å². The van der Waals surface area contributed by atoms with Gasteiger partial charge in [0.1, 0.15) is 5.82 Å². The van der Waals surface area contributed by atoms with E-state index in [1.807, 2.05) is 0 Å². The summed E-state index contributed by atoms with van der Waals surface area (Å²) in [5.74, 6) is -1.73. The number of aryl methyl sites for hydroxylation is 1. The van der Waals surface area contributed by atoms with Crippen LogP contribution >= 0.6 is 0 Å². The first kappa shape index (κ1) is 13.7. The van der Waals surface area contributed by atoms with Gasteiger partial charge in [0.25, 0.3) is 5.91 Å². The van der Waals surface area contributed by atoms with Crippen LogP contribution in [-0.2, 0) is 0 Å². The summed E-state index contributed by atoms with van der Waals surface area (Å²) in [6.07, 6.45) is 0. The van der Waals surface area contributed by atoms with Gasteiger partial charge in [0.05, 0.1) is 5.56 Å². The van der Waals surface area contributed by atoms with Gasteiger partial charge < -0.3 is 11.1 Å². The summed E-state index contributed by atoms with van der Waals surface area (Å²) in [6, 6.07) is 10.7. The van der Waals surface area contributed by atoms with E-state index in [-0.39, 0.29) is 11.1 Å². The molecule has 2 amide bonds. The van der Waals surface area contributed by atoms with Gasteiger partial charge in [-0.05, 0) is 36.8 Å². The van der Waals surface area contributed by atoms with Crippen LogP contribution in [0.15, 0.2) is 42.5 Å². The molecule has 0 aliphatic heterocycles. The second-order valence-corrected chi connectivity index (χ2v) is 4.34. The Morgan fingerprint density at radius 2 is 1.85 bits per heavy atom. The SMILES string of the molecule is Cc1cccc(C(=O)Nc2cccc(C(N)=O)c2)c1F. The molecule has 0 fully saturated rings. The number of hydrogen-bond acceptors (Lipinski definition) is 2. The number of nitrogens with one attached hydrogen (secondary N) is 1. The van der Waals surface area contributed by atoms with Crippen molar-refractivity contribution in [3.05, 3.63) is 65.0 Å². The van der Waals surface area contributed by atoms with Gasteiger partial charge in [-0.2, -0.15) is 0 Å². The highest BCUT2D eigenvalue weighted by molar-refractivity contribution is 6.05. The lowest BCUT2D eigenvalue weighted by Crippen LogP contribution is -2.15. The van der Waals surface area contributed by atoms with Crippen LogP contribution < -0.4 is 11.1 Å². The van der Waals surface area contributed by atoms with E-state index < -0.39 is 17.6 Å². The van der Waals surface area contributed by atoms with Gasteiger partial charge in [-0.15, -0.1) is 0 Å². The second kappa shape index (κ2) is 5.52. The first-order chi connectivity index (χ1) is 9.49. The second-order valence-electron chi connectivity index (χ2n) is 4.34. The lowest BCUT2D eigenvalue weighted by Gasteiger charge is -2.08. The van der Waals surface area contributed by atoms with Crippen LogP contribution in [0.25, 0.3) is 0 Å². The molecular weight excluding hydrogens is 259 g/mol. The van der Waals surface area contributed by atoms with Crippen molar-refractivity contribution >= 4 is 17.5 Å². The third kappa shape index (κ3) is 2.83. The summed E-state index contributed by atoms with van der Waals surface area (Å²) >= 11 is 0. The molecule has 4 nitrogen and oxygen atoms in total. The molecule has 20 heavy (non-hydrogen) atoms. The fraction of sp³-hybridized carbons (Fsp3) is 0.0667. The quantitative estimate of drug-likeness (QED) is 0.901. The molecule has 0 aromatic heterocycles. The number of hydrogen-bond donors (Lipinski definition) is 2. The third-order valence-corrected chi connectivity index (χ3v) is 2.84. The van der Waals surface area contributed by atoms with Gasteiger partial charge in [0.15, 0.2) is 0 Å². The minimum atomic E-state index is -0.595. The average molecular weight is 272 g/mol. The summed E-state index contributed by atoms with van der Waals surface area (Å²) in [6.45, 7) is 1.58. The number of nitrogens with two attached hydrogens (primary N) is 1. The highest BCUT2D eigenvalue weighted by Crippen LogP contribution is 2.15. The van der Waals surface area contributed by atoms with Crippen LogP contribution in [0, 0.1) is 12.7 Å². The summed E-state index contributed by atoms with van der Waals surface area (Å²) in [5.41, 5.74) is 6.15. The summed E-state index contributed by atoms with van der Waals surface area (Å²) in [4.78, 5) is 23.1. The Morgan fingerprint density at radius 1 is 1.15 bits per heavy atom. The molecular formula is C15H13FN2O2. The normalized spacial score (nSPS) is 10.1. The smallest absolute Gasteiger partial charge is 0.258 e. The van der Waals surface area contributed by atoms with Crippen molar-refractivity contribution in [2.75, 3.05) is 5.32 Å². The average Bonchev–Trinajstić information content (AvgIpc) is 2.42. The number of halogens is 1. The highest BCUT2D eigenvalue weighted by Gasteiger charge is 2.13. The molecule has 3 N–H and O–H groups in total. The van der Waals surface area contributed by atoms with Crippen molar-refractivity contribution in [2.45, 2.75) is 6.92 Å². The predicted molar refractivity (Wildman–Crippen MR) is 74.1 cm³/mol. The van der Waals surface area contributed by atoms with E-state index in [1.54, 1.807) is 31.2 Å². The molecule has 102 valence electrons. The minimum Gasteiger partial charge on any atom is -0.366 e. The molecule has 5 heteroatoms. The van der Waals surface area contributed by atoms with Gasteiger partial charge in [-0.3, -0.25) is 9.59 Å². The number of carbonyl (C=O) groups excluding carboxylic acids is 2. The molecule has 0 bridgehead atoms. The Balaban J connectivity index is 2.26. The van der Waals surface area contributed by atoms with Crippen molar-refractivity contribution < 1.29 is 14.0 Å². The molecule has 2 aromatic carbocycles. The number of anilines is 1. The first-order valence-corrected chi connectivity index (χ1v) is 5.95. The maximum absolute atomic E-state index is 13.8. The van der Waals surface area contributed by atoms with E-state index in [9.17, 15) is 14.0 Å². The van der Waals surface area contributed by atoms with E-state index in [0.717, 1.165) is 0 Å². The van der Waals surface area contributed by atoms with Gasteiger partial charge in [-0.25, -0.2) is 4.39 Å². The Kier molecular flexibility index (Phi) is 3.79. The zero-order valence-electron chi connectivity index (χ0n) is 10.8. The summed E-state index contributed by atoms with van der Waals surface area (Å²) in [7, 11) is 0. The molecule has 0 radical (unpaired) electrons. The van der Waals surface area contributed by atoms with Crippen molar-refractivity contribution in [2.24, 2.45) is 5.73 Å². The lowest BCUT2D eigenvalue weighted by molar-refractivity contribution is 0.0995. The number of amides is 2. The molecule has 0 heterocycles. The van der Waals surface area contributed by atoms with Crippen LogP contribution in [0.5, 0.6) is 0 Å². The summed E-state index contributed by atoms with van der Waals surface area (Å²) in [5, 5.41) is 2.53. The van der Waals surface area contributed by atoms with Crippen LogP contribution in [-0.4, -0.2) is 11.8 Å². The Hall–Kier alpha value is -2.69. The molecule has 0 unspecified atom stereocenters. The Bertz CT molecular complexity index is 683. The van der Waals surface area contributed by atoms with Gasteiger partial charge in [0.2, 0.25) is 5.91 Å². The van der Waals surface area contributed by atoms with Crippen molar-refractivity contribution in [1.29, 1.82) is 0 Å². The van der Waals surface area contributed by atoms with Gasteiger partial charge >= 0.3 is 0 Å². The van der Waals surface area contributed by atoms with Crippen molar-refractivity contribution in [3.8, 4) is 0 Å². The molecule has 0 aliphatic rings.